The SMILES string of the molecule is C[C@H]1CCCN(c2nc3c(c(=O)[nH]c(=O)n3C)n2CCSc2ncccn2)C1. The lowest BCUT2D eigenvalue weighted by Crippen LogP contribution is -2.36. The van der Waals surface area contributed by atoms with Crippen LogP contribution in [0.15, 0.2) is 33.2 Å². The Morgan fingerprint density at radius 3 is 2.82 bits per heavy atom. The van der Waals surface area contributed by atoms with Crippen LogP contribution in [0.5, 0.6) is 0 Å². The first-order valence-electron chi connectivity index (χ1n) is 9.39. The number of thioether (sulfide) groups is 1. The van der Waals surface area contributed by atoms with Crippen LogP contribution >= 0.6 is 11.8 Å². The fourth-order valence-corrected chi connectivity index (χ4v) is 4.36. The third-order valence-corrected chi connectivity index (χ3v) is 5.87. The van der Waals surface area contributed by atoms with Gasteiger partial charge in [-0.3, -0.25) is 14.3 Å². The van der Waals surface area contributed by atoms with Gasteiger partial charge in [-0.25, -0.2) is 14.8 Å². The van der Waals surface area contributed by atoms with Crippen molar-refractivity contribution in [3.8, 4) is 0 Å². The van der Waals surface area contributed by atoms with E-state index in [9.17, 15) is 9.59 Å². The van der Waals surface area contributed by atoms with E-state index in [1.54, 1.807) is 25.5 Å². The van der Waals surface area contributed by atoms with Crippen molar-refractivity contribution in [2.75, 3.05) is 23.7 Å². The molecule has 0 amide bonds. The topological polar surface area (TPSA) is 102 Å². The molecule has 3 aromatic rings. The fourth-order valence-electron chi connectivity index (χ4n) is 3.64. The van der Waals surface area contributed by atoms with Crippen LogP contribution in [0.25, 0.3) is 11.2 Å². The largest absolute Gasteiger partial charge is 0.342 e. The van der Waals surface area contributed by atoms with Crippen LogP contribution in [0, 0.1) is 5.92 Å². The first kappa shape index (κ1) is 18.7. The number of nitrogens with one attached hydrogen (secondary N) is 1. The summed E-state index contributed by atoms with van der Waals surface area (Å²) in [5.41, 5.74) is 0.00323. The van der Waals surface area contributed by atoms with Gasteiger partial charge >= 0.3 is 5.69 Å². The van der Waals surface area contributed by atoms with Gasteiger partial charge in [-0.2, -0.15) is 4.98 Å². The van der Waals surface area contributed by atoms with E-state index in [1.165, 1.54) is 22.7 Å². The summed E-state index contributed by atoms with van der Waals surface area (Å²) in [6.07, 6.45) is 5.70. The monoisotopic (exact) mass is 401 g/mol. The van der Waals surface area contributed by atoms with Crippen LogP contribution in [-0.4, -0.2) is 47.9 Å². The standard InChI is InChI=1S/C18H23N7O2S/c1-12-5-3-8-24(11-12)17-21-14-13(15(26)22-18(27)23(14)2)25(17)9-10-28-16-19-6-4-7-20-16/h4,6-7,12H,3,5,8-11H2,1-2H3,(H,22,26,27)/t12-/m0/s1. The summed E-state index contributed by atoms with van der Waals surface area (Å²) in [5.74, 6) is 2.01. The second-order valence-electron chi connectivity index (χ2n) is 7.13. The van der Waals surface area contributed by atoms with Gasteiger partial charge in [0.1, 0.15) is 0 Å². The number of anilines is 1. The summed E-state index contributed by atoms with van der Waals surface area (Å²) in [5, 5.41) is 0.696. The molecule has 1 aliphatic rings. The van der Waals surface area contributed by atoms with E-state index in [0.29, 0.717) is 34.5 Å². The van der Waals surface area contributed by atoms with Gasteiger partial charge in [-0.15, -0.1) is 0 Å². The zero-order chi connectivity index (χ0) is 19.7. The minimum absolute atomic E-state index is 0.400. The highest BCUT2D eigenvalue weighted by Gasteiger charge is 2.24. The predicted octanol–water partition coefficient (Wildman–Crippen LogP) is 1.24. The van der Waals surface area contributed by atoms with Gasteiger partial charge < -0.3 is 9.47 Å². The molecule has 1 aliphatic heterocycles. The van der Waals surface area contributed by atoms with E-state index < -0.39 is 11.2 Å². The van der Waals surface area contributed by atoms with E-state index in [4.69, 9.17) is 4.98 Å². The van der Waals surface area contributed by atoms with Crippen molar-refractivity contribution in [1.29, 1.82) is 0 Å². The molecule has 1 fully saturated rings. The molecule has 0 saturated carbocycles. The molecule has 10 heteroatoms. The van der Waals surface area contributed by atoms with E-state index >= 15 is 0 Å². The van der Waals surface area contributed by atoms with Crippen LogP contribution in [0.1, 0.15) is 19.8 Å². The third kappa shape index (κ3) is 3.56. The molecule has 4 rings (SSSR count). The van der Waals surface area contributed by atoms with Crippen molar-refractivity contribution < 1.29 is 0 Å². The zero-order valence-electron chi connectivity index (χ0n) is 16.0. The molecule has 1 atom stereocenters. The molecular weight excluding hydrogens is 378 g/mol. The molecule has 0 aliphatic carbocycles. The van der Waals surface area contributed by atoms with Gasteiger partial charge in [-0.05, 0) is 24.8 Å². The Hall–Kier alpha value is -2.62. The van der Waals surface area contributed by atoms with Crippen LogP contribution in [-0.2, 0) is 13.6 Å². The van der Waals surface area contributed by atoms with Gasteiger partial charge in [0.25, 0.3) is 5.56 Å². The molecule has 1 saturated heterocycles. The first-order valence-corrected chi connectivity index (χ1v) is 10.4. The predicted molar refractivity (Wildman–Crippen MR) is 109 cm³/mol. The number of hydrogen-bond donors (Lipinski definition) is 1. The number of hydrogen-bond acceptors (Lipinski definition) is 7. The number of aromatic amines is 1. The molecule has 0 bridgehead atoms. The molecule has 9 nitrogen and oxygen atoms in total. The average Bonchev–Trinajstić information content (AvgIpc) is 3.07. The lowest BCUT2D eigenvalue weighted by molar-refractivity contribution is 0.438. The molecule has 0 spiro atoms. The summed E-state index contributed by atoms with van der Waals surface area (Å²) in [7, 11) is 1.63. The quantitative estimate of drug-likeness (QED) is 0.507. The Labute approximate surface area is 165 Å². The molecule has 0 unspecified atom stereocenters. The van der Waals surface area contributed by atoms with E-state index in [1.807, 2.05) is 4.57 Å². The van der Waals surface area contributed by atoms with Crippen molar-refractivity contribution in [2.24, 2.45) is 13.0 Å². The number of aromatic nitrogens is 6. The highest BCUT2D eigenvalue weighted by atomic mass is 32.2. The summed E-state index contributed by atoms with van der Waals surface area (Å²) in [6, 6.07) is 1.78. The summed E-state index contributed by atoms with van der Waals surface area (Å²) < 4.78 is 3.33. The second kappa shape index (κ2) is 7.78. The van der Waals surface area contributed by atoms with Crippen LogP contribution in [0.2, 0.25) is 0 Å². The number of aryl methyl sites for hydroxylation is 2. The number of fused-ring (bicyclic) bond motifs is 1. The maximum absolute atomic E-state index is 12.6. The van der Waals surface area contributed by atoms with E-state index in [-0.39, 0.29) is 0 Å². The van der Waals surface area contributed by atoms with E-state index in [0.717, 1.165) is 25.5 Å². The molecule has 3 aromatic heterocycles. The first-order chi connectivity index (χ1) is 13.5. The van der Waals surface area contributed by atoms with Crippen molar-refractivity contribution in [1.82, 2.24) is 29.1 Å². The summed E-state index contributed by atoms with van der Waals surface area (Å²) >= 11 is 1.53. The Morgan fingerprint density at radius 2 is 2.07 bits per heavy atom. The molecule has 0 radical (unpaired) electrons. The van der Waals surface area contributed by atoms with Gasteiger partial charge in [0.2, 0.25) is 5.95 Å². The molecule has 0 aromatic carbocycles. The van der Waals surface area contributed by atoms with Gasteiger partial charge in [-0.1, -0.05) is 18.7 Å². The maximum atomic E-state index is 12.6. The molecule has 148 valence electrons. The molecule has 1 N–H and O–H groups in total. The van der Waals surface area contributed by atoms with Crippen molar-refractivity contribution >= 4 is 28.9 Å². The molecular formula is C18H23N7O2S. The highest BCUT2D eigenvalue weighted by molar-refractivity contribution is 7.99. The number of piperidine rings is 1. The average molecular weight is 401 g/mol. The Morgan fingerprint density at radius 1 is 1.29 bits per heavy atom. The van der Waals surface area contributed by atoms with Gasteiger partial charge in [0.15, 0.2) is 16.3 Å². The van der Waals surface area contributed by atoms with Gasteiger partial charge in [0.05, 0.1) is 0 Å². The van der Waals surface area contributed by atoms with Gasteiger partial charge in [0, 0.05) is 44.8 Å². The zero-order valence-corrected chi connectivity index (χ0v) is 16.8. The lowest BCUT2D eigenvalue weighted by Gasteiger charge is -2.32. The van der Waals surface area contributed by atoms with E-state index in [2.05, 4.69) is 26.8 Å². The molecule has 28 heavy (non-hydrogen) atoms. The van der Waals surface area contributed by atoms with Crippen molar-refractivity contribution in [3.05, 3.63) is 39.3 Å². The van der Waals surface area contributed by atoms with Crippen LogP contribution in [0.4, 0.5) is 5.95 Å². The minimum Gasteiger partial charge on any atom is -0.342 e. The summed E-state index contributed by atoms with van der Waals surface area (Å²) in [4.78, 5) is 42.4. The lowest BCUT2D eigenvalue weighted by atomic mass is 10.0. The van der Waals surface area contributed by atoms with Crippen LogP contribution < -0.4 is 16.1 Å². The number of H-pyrrole nitrogens is 1. The van der Waals surface area contributed by atoms with Crippen molar-refractivity contribution in [3.63, 3.8) is 0 Å². The second-order valence-corrected chi connectivity index (χ2v) is 8.19. The Bertz CT molecular complexity index is 1090. The number of rotatable bonds is 5. The fraction of sp³-hybridized carbons (Fsp3) is 0.500. The van der Waals surface area contributed by atoms with Crippen molar-refractivity contribution in [2.45, 2.75) is 31.5 Å². The molecule has 4 heterocycles. The maximum Gasteiger partial charge on any atom is 0.329 e. The minimum atomic E-state index is -0.451. The smallest absolute Gasteiger partial charge is 0.329 e. The number of nitrogens with zero attached hydrogens (tertiary/aromatic N) is 6. The normalized spacial score (nSPS) is 17.4. The number of imidazole rings is 1. The third-order valence-electron chi connectivity index (χ3n) is 5.01. The van der Waals surface area contributed by atoms with Crippen LogP contribution in [0.3, 0.4) is 0 Å². The summed E-state index contributed by atoms with van der Waals surface area (Å²) in [6.45, 7) is 4.59. The Balaban J connectivity index is 1.73. The Kier molecular flexibility index (Phi) is 5.21. The highest BCUT2D eigenvalue weighted by Crippen LogP contribution is 2.25.